The first kappa shape index (κ1) is 23.7. The van der Waals surface area contributed by atoms with Crippen LogP contribution in [0.2, 0.25) is 0 Å². The second kappa shape index (κ2) is 8.58. The number of benzene rings is 1. The maximum absolute atomic E-state index is 14.7. The van der Waals surface area contributed by atoms with Crippen molar-refractivity contribution in [2.24, 2.45) is 13.0 Å². The molecular weight excluding hydrogens is 479 g/mol. The summed E-state index contributed by atoms with van der Waals surface area (Å²) < 4.78 is 66.4. The van der Waals surface area contributed by atoms with Gasteiger partial charge in [-0.1, -0.05) is 30.7 Å². The van der Waals surface area contributed by atoms with Gasteiger partial charge in [0.25, 0.3) is 12.0 Å². The van der Waals surface area contributed by atoms with E-state index in [2.05, 4.69) is 9.97 Å². The average molecular weight is 504 g/mol. The molecule has 0 bridgehead atoms. The van der Waals surface area contributed by atoms with Crippen LogP contribution in [0.5, 0.6) is 0 Å². The molecule has 0 spiro atoms. The molecule has 0 N–H and O–H groups in total. The fourth-order valence-electron chi connectivity index (χ4n) is 5.46. The predicted octanol–water partition coefficient (Wildman–Crippen LogP) is 4.56. The summed E-state index contributed by atoms with van der Waals surface area (Å²) in [6, 6.07) is 5.76. The quantitative estimate of drug-likeness (QED) is 0.510. The van der Waals surface area contributed by atoms with E-state index >= 15 is 0 Å². The normalized spacial score (nSPS) is 21.9. The van der Waals surface area contributed by atoms with Gasteiger partial charge in [-0.15, -0.1) is 0 Å². The van der Waals surface area contributed by atoms with Gasteiger partial charge in [0.05, 0.1) is 17.0 Å². The summed E-state index contributed by atoms with van der Waals surface area (Å²) in [6.07, 6.45) is -0.218. The van der Waals surface area contributed by atoms with Gasteiger partial charge in [-0.05, 0) is 48.6 Å². The summed E-state index contributed by atoms with van der Waals surface area (Å²) in [5, 5.41) is 1.99. The Morgan fingerprint density at radius 2 is 1.91 bits per heavy atom. The number of hydrogen-bond acceptors (Lipinski definition) is 5. The molecule has 3 heterocycles. The molecule has 2 aromatic heterocycles. The van der Waals surface area contributed by atoms with E-state index < -0.39 is 33.6 Å². The fraction of sp³-hybridized carbons (Fsp3) is 0.400. The zero-order chi connectivity index (χ0) is 25.1. The summed E-state index contributed by atoms with van der Waals surface area (Å²) in [7, 11) is -1.54. The molecule has 10 heteroatoms. The molecule has 184 valence electrons. The lowest BCUT2D eigenvalue weighted by Gasteiger charge is -2.17. The van der Waals surface area contributed by atoms with E-state index in [4.69, 9.17) is 0 Å². The number of aromatic nitrogens is 3. The summed E-state index contributed by atoms with van der Waals surface area (Å²) in [5.74, 6) is -1.46. The third-order valence-electron chi connectivity index (χ3n) is 7.22. The molecule has 1 aliphatic heterocycles. The third kappa shape index (κ3) is 4.17. The highest BCUT2D eigenvalue weighted by Gasteiger charge is 2.39. The van der Waals surface area contributed by atoms with Crippen molar-refractivity contribution >= 4 is 20.9 Å². The molecule has 0 amide bonds. The average Bonchev–Trinajstić information content (AvgIpc) is 3.29. The van der Waals surface area contributed by atoms with E-state index in [0.29, 0.717) is 35.1 Å². The molecule has 35 heavy (non-hydrogen) atoms. The van der Waals surface area contributed by atoms with Crippen molar-refractivity contribution in [3.8, 4) is 0 Å². The SMILES string of the molecule is C[C@@H](Cc1ncnc2c1cc([C@@H]1CC3=CS(=O)(=O)C[C@H]3C1)c(=O)n2C)c1cccc(C(F)F)c1F. The Morgan fingerprint density at radius 1 is 1.17 bits per heavy atom. The molecule has 0 saturated heterocycles. The number of alkyl halides is 2. The monoisotopic (exact) mass is 503 g/mol. The third-order valence-corrected chi connectivity index (χ3v) is 8.75. The van der Waals surface area contributed by atoms with Crippen molar-refractivity contribution in [3.63, 3.8) is 0 Å². The number of nitrogens with zero attached hydrogens (tertiary/aromatic N) is 3. The second-order valence-corrected chi connectivity index (χ2v) is 11.4. The Balaban J connectivity index is 1.53. The Labute approximate surface area is 200 Å². The molecule has 6 nitrogen and oxygen atoms in total. The highest BCUT2D eigenvalue weighted by Crippen LogP contribution is 2.45. The minimum Gasteiger partial charge on any atom is -0.295 e. The first-order valence-electron chi connectivity index (χ1n) is 11.4. The van der Waals surface area contributed by atoms with Crippen molar-refractivity contribution in [1.82, 2.24) is 14.5 Å². The number of sulfone groups is 1. The van der Waals surface area contributed by atoms with Crippen LogP contribution in [0.1, 0.15) is 60.4 Å². The molecule has 0 unspecified atom stereocenters. The van der Waals surface area contributed by atoms with Crippen LogP contribution in [-0.4, -0.2) is 28.7 Å². The highest BCUT2D eigenvalue weighted by atomic mass is 32.2. The van der Waals surface area contributed by atoms with Gasteiger partial charge in [-0.25, -0.2) is 31.6 Å². The highest BCUT2D eigenvalue weighted by molar-refractivity contribution is 7.94. The Kier molecular flexibility index (Phi) is 5.82. The van der Waals surface area contributed by atoms with Crippen LogP contribution in [0.15, 0.2) is 46.4 Å². The standard InChI is InChI=1S/C25H24F3N3O3S/c1-13(17-4-3-5-18(22(17)26)23(27)28)6-21-20-9-19(25(32)31(2)24(20)30-12-29-21)14-7-15-10-35(33,34)11-16(15)8-14/h3-5,9-10,12-14,16,23H,6-8,11H2,1-2H3/t13-,14+,16+/m0/s1. The number of hydrogen-bond donors (Lipinski definition) is 0. The van der Waals surface area contributed by atoms with E-state index in [-0.39, 0.29) is 35.1 Å². The molecule has 1 fully saturated rings. The number of aryl methyl sites for hydroxylation is 1. The smallest absolute Gasteiger partial charge is 0.266 e. The summed E-state index contributed by atoms with van der Waals surface area (Å²) in [4.78, 5) is 21.8. The van der Waals surface area contributed by atoms with Crippen LogP contribution in [0.3, 0.4) is 0 Å². The van der Waals surface area contributed by atoms with Crippen LogP contribution < -0.4 is 5.56 Å². The van der Waals surface area contributed by atoms with E-state index in [9.17, 15) is 26.4 Å². The fourth-order valence-corrected chi connectivity index (χ4v) is 7.22. The Hall–Kier alpha value is -3.01. The van der Waals surface area contributed by atoms with Crippen LogP contribution >= 0.6 is 0 Å². The van der Waals surface area contributed by atoms with Crippen molar-refractivity contribution in [2.75, 3.05) is 5.75 Å². The van der Waals surface area contributed by atoms with Gasteiger partial charge < -0.3 is 0 Å². The van der Waals surface area contributed by atoms with Crippen molar-refractivity contribution in [2.45, 2.75) is 44.4 Å². The summed E-state index contributed by atoms with van der Waals surface area (Å²) in [5.41, 5.74) is 1.80. The Bertz CT molecular complexity index is 1530. The molecule has 3 atom stereocenters. The maximum Gasteiger partial charge on any atom is 0.266 e. The molecule has 1 saturated carbocycles. The van der Waals surface area contributed by atoms with E-state index in [0.717, 1.165) is 11.6 Å². The predicted molar refractivity (Wildman–Crippen MR) is 126 cm³/mol. The number of rotatable bonds is 5. The Morgan fingerprint density at radius 3 is 2.63 bits per heavy atom. The number of pyridine rings is 1. The van der Waals surface area contributed by atoms with Gasteiger partial charge in [-0.3, -0.25) is 9.36 Å². The summed E-state index contributed by atoms with van der Waals surface area (Å²) in [6.45, 7) is 1.75. The first-order valence-corrected chi connectivity index (χ1v) is 13.1. The van der Waals surface area contributed by atoms with Crippen LogP contribution in [0.4, 0.5) is 13.2 Å². The second-order valence-electron chi connectivity index (χ2n) is 9.53. The molecule has 3 aromatic rings. The van der Waals surface area contributed by atoms with Crippen molar-refractivity contribution in [1.29, 1.82) is 0 Å². The van der Waals surface area contributed by atoms with E-state index in [1.165, 1.54) is 28.4 Å². The molecule has 5 rings (SSSR count). The van der Waals surface area contributed by atoms with Crippen LogP contribution in [0, 0.1) is 11.7 Å². The zero-order valence-corrected chi connectivity index (χ0v) is 20.0. The lowest BCUT2D eigenvalue weighted by Crippen LogP contribution is -2.24. The van der Waals surface area contributed by atoms with Crippen molar-refractivity contribution < 1.29 is 21.6 Å². The van der Waals surface area contributed by atoms with Gasteiger partial charge in [-0.2, -0.15) is 0 Å². The minimum absolute atomic E-state index is 0.0676. The maximum atomic E-state index is 14.7. The number of halogens is 3. The van der Waals surface area contributed by atoms with E-state index in [1.807, 2.05) is 0 Å². The molecule has 0 radical (unpaired) electrons. The van der Waals surface area contributed by atoms with Gasteiger partial charge >= 0.3 is 0 Å². The van der Waals surface area contributed by atoms with Gasteiger partial charge in [0.1, 0.15) is 17.8 Å². The lowest BCUT2D eigenvalue weighted by atomic mass is 9.92. The number of fused-ring (bicyclic) bond motifs is 2. The molecule has 2 aliphatic rings. The van der Waals surface area contributed by atoms with Gasteiger partial charge in [0.15, 0.2) is 9.84 Å². The molecule has 1 aliphatic carbocycles. The first-order chi connectivity index (χ1) is 16.6. The summed E-state index contributed by atoms with van der Waals surface area (Å²) >= 11 is 0. The zero-order valence-electron chi connectivity index (χ0n) is 19.2. The van der Waals surface area contributed by atoms with Gasteiger partial charge in [0, 0.05) is 23.4 Å². The van der Waals surface area contributed by atoms with Crippen LogP contribution in [-0.2, 0) is 23.3 Å². The van der Waals surface area contributed by atoms with Crippen LogP contribution in [0.25, 0.3) is 11.0 Å². The van der Waals surface area contributed by atoms with Gasteiger partial charge in [0.2, 0.25) is 0 Å². The minimum atomic E-state index is -3.17. The molecule has 1 aromatic carbocycles. The largest absolute Gasteiger partial charge is 0.295 e. The lowest BCUT2D eigenvalue weighted by molar-refractivity contribution is 0.146. The van der Waals surface area contributed by atoms with E-state index in [1.54, 1.807) is 20.0 Å². The topological polar surface area (TPSA) is 81.9 Å². The van der Waals surface area contributed by atoms with Crippen molar-refractivity contribution in [3.05, 3.63) is 80.1 Å². The number of allylic oxidation sites excluding steroid dienone is 1. The molecular formula is C25H24F3N3O3S.